The molecule has 240 valence electrons. The van der Waals surface area contributed by atoms with Crippen LogP contribution in [-0.4, -0.2) is 50.0 Å². The van der Waals surface area contributed by atoms with E-state index in [1.165, 1.54) is 17.0 Å². The number of carboxylic acid groups (broad SMARTS) is 1. The van der Waals surface area contributed by atoms with Crippen molar-refractivity contribution in [2.75, 3.05) is 6.54 Å². The smallest absolute Gasteiger partial charge is 0.416 e. The summed E-state index contributed by atoms with van der Waals surface area (Å²) < 4.78 is 42.1. The van der Waals surface area contributed by atoms with Crippen LogP contribution < -0.4 is 5.32 Å². The van der Waals surface area contributed by atoms with Gasteiger partial charge in [-0.2, -0.15) is 18.3 Å². The highest BCUT2D eigenvalue weighted by Gasteiger charge is 2.41. The van der Waals surface area contributed by atoms with Gasteiger partial charge in [-0.25, -0.2) is 4.79 Å². The fourth-order valence-corrected chi connectivity index (χ4v) is 7.60. The summed E-state index contributed by atoms with van der Waals surface area (Å²) in [4.78, 5) is 39.9. The molecule has 0 spiro atoms. The number of benzene rings is 2. The number of nitrogens with one attached hydrogen (secondary N) is 2. The second-order valence-electron chi connectivity index (χ2n) is 12.8. The number of carbonyl (C=O) groups is 3. The highest BCUT2D eigenvalue weighted by atomic mass is 35.5. The van der Waals surface area contributed by atoms with Crippen LogP contribution in [0, 0.1) is 17.3 Å². The van der Waals surface area contributed by atoms with Crippen molar-refractivity contribution in [3.8, 4) is 0 Å². The van der Waals surface area contributed by atoms with Gasteiger partial charge in [0.1, 0.15) is 0 Å². The molecular formula is C32H34ClF3N4O4S. The zero-order valence-corrected chi connectivity index (χ0v) is 26.6. The van der Waals surface area contributed by atoms with Gasteiger partial charge in [-0.05, 0) is 102 Å². The average molecular weight is 663 g/mol. The molecule has 1 atom stereocenters. The molecular weight excluding hydrogens is 629 g/mol. The number of amides is 3. The van der Waals surface area contributed by atoms with E-state index in [1.807, 2.05) is 20.8 Å². The van der Waals surface area contributed by atoms with E-state index in [4.69, 9.17) is 11.6 Å². The Morgan fingerprint density at radius 2 is 1.84 bits per heavy atom. The Hall–Kier alpha value is -3.51. The first-order chi connectivity index (χ1) is 21.1. The van der Waals surface area contributed by atoms with E-state index in [0.717, 1.165) is 36.2 Å². The molecule has 45 heavy (non-hydrogen) atoms. The van der Waals surface area contributed by atoms with Crippen LogP contribution in [0.15, 0.2) is 47.5 Å². The maximum Gasteiger partial charge on any atom is 0.416 e. The molecule has 1 aliphatic heterocycles. The fourth-order valence-electron chi connectivity index (χ4n) is 6.48. The topological polar surface area (TPSA) is 115 Å². The first kappa shape index (κ1) is 32.9. The molecule has 0 radical (unpaired) electrons. The van der Waals surface area contributed by atoms with Gasteiger partial charge >= 0.3 is 12.3 Å². The van der Waals surface area contributed by atoms with Crippen molar-refractivity contribution in [3.05, 3.63) is 69.2 Å². The molecule has 2 heterocycles. The third kappa shape index (κ3) is 7.33. The summed E-state index contributed by atoms with van der Waals surface area (Å²) in [6.07, 6.45) is -1.50. The Morgan fingerprint density at radius 1 is 1.13 bits per heavy atom. The molecule has 3 aromatic rings. The molecule has 5 rings (SSSR count). The van der Waals surface area contributed by atoms with Gasteiger partial charge in [0.25, 0.3) is 11.1 Å². The number of alkyl halides is 3. The van der Waals surface area contributed by atoms with Crippen molar-refractivity contribution < 1.29 is 32.7 Å². The second kappa shape index (κ2) is 12.7. The third-order valence-corrected chi connectivity index (χ3v) is 9.93. The Kier molecular flexibility index (Phi) is 9.28. The lowest BCUT2D eigenvalue weighted by Crippen LogP contribution is -2.49. The standard InChI is InChI=1S/C32H34ClF3N4O4S/c1-31(2,3)27(38-29(42)43)18-6-4-17(5-7-18)16-40-28(41)26(45-30(40)44)23(19-9-11-25-21(12-19)15-37-39-25)13-20-8-10-22(33)14-24(20)32(34,35)36/h8-12,14-15,17-18,27,38H,4-7,13,16H2,1-3H3,(H,37,39)(H,42,43)/t17-,18-,27?. The van der Waals surface area contributed by atoms with E-state index in [1.54, 1.807) is 24.4 Å². The molecule has 2 fully saturated rings. The van der Waals surface area contributed by atoms with Gasteiger partial charge in [0, 0.05) is 23.0 Å². The SMILES string of the molecule is CC(C)(C)C(NC(=O)O)[C@H]1CC[C@H](CN2C(=O)SC(=C(Cc3ccc(Cl)cc3C(F)(F)F)c3ccc4[nH]ncc4c3)C2=O)CC1. The molecule has 3 N–H and O–H groups in total. The highest BCUT2D eigenvalue weighted by molar-refractivity contribution is 8.18. The summed E-state index contributed by atoms with van der Waals surface area (Å²) >= 11 is 6.66. The van der Waals surface area contributed by atoms with E-state index in [9.17, 15) is 32.7 Å². The molecule has 2 aromatic carbocycles. The fraction of sp³-hybridized carbons (Fsp3) is 0.438. The number of allylic oxidation sites excluding steroid dienone is 1. The van der Waals surface area contributed by atoms with Crippen molar-refractivity contribution in [2.45, 2.75) is 65.1 Å². The quantitative estimate of drug-likeness (QED) is 0.219. The van der Waals surface area contributed by atoms with Crippen LogP contribution in [0.5, 0.6) is 0 Å². The summed E-state index contributed by atoms with van der Waals surface area (Å²) in [6, 6.07) is 8.48. The number of H-pyrrole nitrogens is 1. The molecule has 0 bridgehead atoms. The summed E-state index contributed by atoms with van der Waals surface area (Å²) in [5.41, 5.74) is 0.294. The van der Waals surface area contributed by atoms with Crippen molar-refractivity contribution in [1.29, 1.82) is 0 Å². The summed E-state index contributed by atoms with van der Waals surface area (Å²) in [7, 11) is 0. The summed E-state index contributed by atoms with van der Waals surface area (Å²) in [6.45, 7) is 6.18. The van der Waals surface area contributed by atoms with Gasteiger partial charge in [0.2, 0.25) is 0 Å². The number of rotatable bonds is 7. The second-order valence-corrected chi connectivity index (χ2v) is 14.2. The molecule has 13 heteroatoms. The van der Waals surface area contributed by atoms with Gasteiger partial charge in [-0.1, -0.05) is 44.5 Å². The van der Waals surface area contributed by atoms with Gasteiger partial charge in [-0.15, -0.1) is 0 Å². The minimum atomic E-state index is -4.68. The van der Waals surface area contributed by atoms with E-state index in [2.05, 4.69) is 15.5 Å². The lowest BCUT2D eigenvalue weighted by Gasteiger charge is -2.40. The molecule has 1 saturated heterocycles. The first-order valence-electron chi connectivity index (χ1n) is 14.7. The first-order valence-corrected chi connectivity index (χ1v) is 15.9. The minimum Gasteiger partial charge on any atom is -0.465 e. The van der Waals surface area contributed by atoms with Crippen molar-refractivity contribution >= 4 is 57.1 Å². The predicted molar refractivity (Wildman–Crippen MR) is 168 cm³/mol. The molecule has 1 aliphatic carbocycles. The third-order valence-electron chi connectivity index (χ3n) is 8.67. The summed E-state index contributed by atoms with van der Waals surface area (Å²) in [5.74, 6) is -0.380. The van der Waals surface area contributed by atoms with Crippen LogP contribution in [0.1, 0.15) is 63.1 Å². The van der Waals surface area contributed by atoms with E-state index in [0.29, 0.717) is 29.4 Å². The maximum absolute atomic E-state index is 14.0. The van der Waals surface area contributed by atoms with E-state index in [-0.39, 0.29) is 51.7 Å². The number of hydrogen-bond acceptors (Lipinski definition) is 5. The Bertz CT molecular complexity index is 1660. The molecule has 1 unspecified atom stereocenters. The summed E-state index contributed by atoms with van der Waals surface area (Å²) in [5, 5.41) is 19.1. The molecule has 1 saturated carbocycles. The van der Waals surface area contributed by atoms with E-state index < -0.39 is 29.0 Å². The van der Waals surface area contributed by atoms with Gasteiger partial charge in [0.15, 0.2) is 0 Å². The molecule has 8 nitrogen and oxygen atoms in total. The van der Waals surface area contributed by atoms with Crippen molar-refractivity contribution in [1.82, 2.24) is 20.4 Å². The molecule has 2 aliphatic rings. The van der Waals surface area contributed by atoms with Crippen LogP contribution in [0.2, 0.25) is 5.02 Å². The largest absolute Gasteiger partial charge is 0.465 e. The average Bonchev–Trinajstić information content (AvgIpc) is 3.54. The zero-order chi connectivity index (χ0) is 32.7. The Morgan fingerprint density at radius 3 is 2.49 bits per heavy atom. The number of aromatic amines is 1. The number of fused-ring (bicyclic) bond motifs is 1. The van der Waals surface area contributed by atoms with Crippen LogP contribution >= 0.6 is 23.4 Å². The zero-order valence-electron chi connectivity index (χ0n) is 25.0. The predicted octanol–water partition coefficient (Wildman–Crippen LogP) is 8.37. The number of halogens is 4. The van der Waals surface area contributed by atoms with Crippen LogP contribution in [-0.2, 0) is 17.4 Å². The molecule has 3 amide bonds. The van der Waals surface area contributed by atoms with Crippen LogP contribution in [0.3, 0.4) is 0 Å². The minimum absolute atomic E-state index is 0.0263. The van der Waals surface area contributed by atoms with Crippen LogP contribution in [0.4, 0.5) is 22.8 Å². The van der Waals surface area contributed by atoms with Gasteiger partial charge < -0.3 is 10.4 Å². The number of imide groups is 1. The van der Waals surface area contributed by atoms with E-state index >= 15 is 0 Å². The number of carbonyl (C=O) groups excluding carboxylic acids is 2. The monoisotopic (exact) mass is 662 g/mol. The molecule has 1 aromatic heterocycles. The van der Waals surface area contributed by atoms with Crippen LogP contribution in [0.25, 0.3) is 16.5 Å². The van der Waals surface area contributed by atoms with Crippen molar-refractivity contribution in [2.24, 2.45) is 17.3 Å². The number of aromatic nitrogens is 2. The highest BCUT2D eigenvalue weighted by Crippen LogP contribution is 2.43. The number of thioether (sulfide) groups is 1. The number of nitrogens with zero attached hydrogens (tertiary/aromatic N) is 2. The van der Waals surface area contributed by atoms with Gasteiger partial charge in [0.05, 0.1) is 22.2 Å². The number of hydrogen-bond donors (Lipinski definition) is 3. The van der Waals surface area contributed by atoms with Crippen molar-refractivity contribution in [3.63, 3.8) is 0 Å². The Labute approximate surface area is 267 Å². The van der Waals surface area contributed by atoms with Gasteiger partial charge in [-0.3, -0.25) is 19.6 Å². The maximum atomic E-state index is 14.0. The Balaban J connectivity index is 1.42. The lowest BCUT2D eigenvalue weighted by molar-refractivity contribution is -0.138. The normalized spacial score (nSPS) is 21.4. The lowest BCUT2D eigenvalue weighted by atomic mass is 9.71.